The zero-order chi connectivity index (χ0) is 14.2. The van der Waals surface area contributed by atoms with E-state index in [0.717, 1.165) is 19.3 Å². The first-order valence-corrected chi connectivity index (χ1v) is 6.93. The van der Waals surface area contributed by atoms with Gasteiger partial charge in [-0.05, 0) is 33.1 Å². The average Bonchev–Trinajstić information content (AvgIpc) is 2.30. The van der Waals surface area contributed by atoms with Gasteiger partial charge >= 0.3 is 0 Å². The van der Waals surface area contributed by atoms with Crippen LogP contribution in [0.25, 0.3) is 0 Å². The molecular weight excluding hydrogens is 228 g/mol. The number of nitrogens with two attached hydrogens (primary N) is 1. The minimum atomic E-state index is -0.281. The number of carbonyl (C=O) groups excluding carboxylic acids is 1. The second kappa shape index (κ2) is 8.48. The van der Waals surface area contributed by atoms with Crippen molar-refractivity contribution in [3.63, 3.8) is 0 Å². The summed E-state index contributed by atoms with van der Waals surface area (Å²) in [4.78, 5) is 14.2. The van der Waals surface area contributed by atoms with Crippen molar-refractivity contribution in [1.29, 1.82) is 0 Å². The van der Waals surface area contributed by atoms with E-state index >= 15 is 0 Å². The minimum absolute atomic E-state index is 0.194. The number of nitrogens with zero attached hydrogens (tertiary/aromatic N) is 1. The van der Waals surface area contributed by atoms with Crippen LogP contribution in [0.15, 0.2) is 0 Å². The summed E-state index contributed by atoms with van der Waals surface area (Å²) in [5.41, 5.74) is 5.65. The highest BCUT2D eigenvalue weighted by Crippen LogP contribution is 2.14. The molecule has 4 heteroatoms. The summed E-state index contributed by atoms with van der Waals surface area (Å²) in [7, 11) is 1.67. The lowest BCUT2D eigenvalue weighted by Gasteiger charge is -2.31. The van der Waals surface area contributed by atoms with Crippen LogP contribution in [0.5, 0.6) is 0 Å². The van der Waals surface area contributed by atoms with Gasteiger partial charge in [-0.1, -0.05) is 13.8 Å². The molecule has 2 N–H and O–H groups in total. The lowest BCUT2D eigenvalue weighted by Crippen LogP contribution is -2.43. The molecule has 0 bridgehead atoms. The summed E-state index contributed by atoms with van der Waals surface area (Å²) in [6.45, 7) is 9.41. The molecule has 18 heavy (non-hydrogen) atoms. The van der Waals surface area contributed by atoms with Crippen molar-refractivity contribution in [3.8, 4) is 0 Å². The van der Waals surface area contributed by atoms with E-state index < -0.39 is 0 Å². The normalized spacial score (nSPS) is 11.9. The first-order chi connectivity index (χ1) is 8.35. The Labute approximate surface area is 112 Å². The molecule has 0 aliphatic carbocycles. The zero-order valence-corrected chi connectivity index (χ0v) is 12.7. The predicted octanol–water partition coefficient (Wildman–Crippen LogP) is 2.17. The Kier molecular flexibility index (Phi) is 8.20. The van der Waals surface area contributed by atoms with Crippen LogP contribution < -0.4 is 5.73 Å². The van der Waals surface area contributed by atoms with Crippen LogP contribution in [0.2, 0.25) is 0 Å². The standard InChI is InChI=1S/C14H30N2O2/c1-6-12(7-2)16(10-11-18-5)13(17)8-9-14(3,4)15/h12H,6-11,15H2,1-5H3. The Morgan fingerprint density at radius 2 is 1.89 bits per heavy atom. The van der Waals surface area contributed by atoms with Crippen LogP contribution in [0.1, 0.15) is 53.4 Å². The molecule has 0 unspecified atom stereocenters. The minimum Gasteiger partial charge on any atom is -0.383 e. The molecule has 0 aliphatic heterocycles. The van der Waals surface area contributed by atoms with Crippen LogP contribution in [-0.4, -0.2) is 42.6 Å². The number of hydrogen-bond donors (Lipinski definition) is 1. The highest BCUT2D eigenvalue weighted by Gasteiger charge is 2.22. The van der Waals surface area contributed by atoms with Gasteiger partial charge in [-0.3, -0.25) is 4.79 Å². The van der Waals surface area contributed by atoms with Crippen LogP contribution >= 0.6 is 0 Å². The molecule has 0 saturated heterocycles. The van der Waals surface area contributed by atoms with Gasteiger partial charge in [0, 0.05) is 31.7 Å². The quantitative estimate of drug-likeness (QED) is 0.689. The highest BCUT2D eigenvalue weighted by molar-refractivity contribution is 5.76. The predicted molar refractivity (Wildman–Crippen MR) is 75.5 cm³/mol. The third-order valence-corrected chi connectivity index (χ3v) is 3.22. The first kappa shape index (κ1) is 17.4. The van der Waals surface area contributed by atoms with Gasteiger partial charge in [0.05, 0.1) is 6.61 Å². The van der Waals surface area contributed by atoms with Crippen LogP contribution in [0.4, 0.5) is 0 Å². The van der Waals surface area contributed by atoms with Crippen molar-refractivity contribution >= 4 is 5.91 Å². The Bertz CT molecular complexity index is 232. The fourth-order valence-electron chi connectivity index (χ4n) is 2.00. The van der Waals surface area contributed by atoms with E-state index in [9.17, 15) is 4.79 Å². The number of amides is 1. The molecule has 0 aliphatic rings. The summed E-state index contributed by atoms with van der Waals surface area (Å²) in [5.74, 6) is 0.194. The van der Waals surface area contributed by atoms with Gasteiger partial charge in [-0.25, -0.2) is 0 Å². The van der Waals surface area contributed by atoms with Crippen LogP contribution in [0, 0.1) is 0 Å². The van der Waals surface area contributed by atoms with Gasteiger partial charge < -0.3 is 15.4 Å². The Balaban J connectivity index is 4.48. The summed E-state index contributed by atoms with van der Waals surface area (Å²) >= 11 is 0. The van der Waals surface area contributed by atoms with E-state index in [1.54, 1.807) is 7.11 Å². The average molecular weight is 258 g/mol. The number of rotatable bonds is 9. The lowest BCUT2D eigenvalue weighted by molar-refractivity contribution is -0.134. The zero-order valence-electron chi connectivity index (χ0n) is 12.7. The Morgan fingerprint density at radius 1 is 1.33 bits per heavy atom. The van der Waals surface area contributed by atoms with Gasteiger partial charge in [0.1, 0.15) is 0 Å². The van der Waals surface area contributed by atoms with E-state index in [1.165, 1.54) is 0 Å². The van der Waals surface area contributed by atoms with Gasteiger partial charge in [0.15, 0.2) is 0 Å². The molecule has 0 spiro atoms. The van der Waals surface area contributed by atoms with E-state index in [2.05, 4.69) is 13.8 Å². The Morgan fingerprint density at radius 3 is 2.28 bits per heavy atom. The molecule has 0 aromatic carbocycles. The van der Waals surface area contributed by atoms with Crippen molar-refractivity contribution in [3.05, 3.63) is 0 Å². The molecule has 1 amide bonds. The molecule has 0 saturated carbocycles. The molecular formula is C14H30N2O2. The Hall–Kier alpha value is -0.610. The van der Waals surface area contributed by atoms with E-state index in [-0.39, 0.29) is 11.4 Å². The maximum absolute atomic E-state index is 12.3. The monoisotopic (exact) mass is 258 g/mol. The number of ether oxygens (including phenoxy) is 1. The fourth-order valence-corrected chi connectivity index (χ4v) is 2.00. The topological polar surface area (TPSA) is 55.6 Å². The largest absolute Gasteiger partial charge is 0.383 e. The fraction of sp³-hybridized carbons (Fsp3) is 0.929. The highest BCUT2D eigenvalue weighted by atomic mass is 16.5. The SMILES string of the molecule is CCC(CC)N(CCOC)C(=O)CCC(C)(C)N. The molecule has 0 atom stereocenters. The number of carbonyl (C=O) groups is 1. The maximum Gasteiger partial charge on any atom is 0.222 e. The van der Waals surface area contributed by atoms with Gasteiger partial charge in [0.25, 0.3) is 0 Å². The van der Waals surface area contributed by atoms with Gasteiger partial charge in [-0.15, -0.1) is 0 Å². The van der Waals surface area contributed by atoms with Gasteiger partial charge in [0.2, 0.25) is 5.91 Å². The molecule has 4 nitrogen and oxygen atoms in total. The smallest absolute Gasteiger partial charge is 0.222 e. The maximum atomic E-state index is 12.3. The van der Waals surface area contributed by atoms with Crippen molar-refractivity contribution in [2.24, 2.45) is 5.73 Å². The van der Waals surface area contributed by atoms with Crippen molar-refractivity contribution in [2.75, 3.05) is 20.3 Å². The molecule has 0 aromatic rings. The third-order valence-electron chi connectivity index (χ3n) is 3.22. The van der Waals surface area contributed by atoms with Crippen LogP contribution in [0.3, 0.4) is 0 Å². The summed E-state index contributed by atoms with van der Waals surface area (Å²) in [6, 6.07) is 0.313. The molecule has 0 radical (unpaired) electrons. The van der Waals surface area contributed by atoms with Crippen molar-refractivity contribution in [2.45, 2.75) is 65.0 Å². The molecule has 0 rings (SSSR count). The van der Waals surface area contributed by atoms with E-state index in [0.29, 0.717) is 25.6 Å². The summed E-state index contributed by atoms with van der Waals surface area (Å²) < 4.78 is 5.09. The lowest BCUT2D eigenvalue weighted by atomic mass is 9.99. The van der Waals surface area contributed by atoms with Crippen molar-refractivity contribution in [1.82, 2.24) is 4.90 Å². The van der Waals surface area contributed by atoms with Crippen molar-refractivity contribution < 1.29 is 9.53 Å². The molecule has 0 fully saturated rings. The third kappa shape index (κ3) is 6.97. The first-order valence-electron chi connectivity index (χ1n) is 6.93. The molecule has 108 valence electrons. The van der Waals surface area contributed by atoms with Crippen LogP contribution in [-0.2, 0) is 9.53 Å². The number of hydrogen-bond acceptors (Lipinski definition) is 3. The second-order valence-corrected chi connectivity index (χ2v) is 5.54. The van der Waals surface area contributed by atoms with E-state index in [4.69, 9.17) is 10.5 Å². The summed E-state index contributed by atoms with van der Waals surface area (Å²) in [6.07, 6.45) is 3.20. The number of methoxy groups -OCH3 is 1. The van der Waals surface area contributed by atoms with E-state index in [1.807, 2.05) is 18.7 Å². The summed E-state index contributed by atoms with van der Waals surface area (Å²) in [5, 5.41) is 0. The molecule has 0 heterocycles. The van der Waals surface area contributed by atoms with Gasteiger partial charge in [-0.2, -0.15) is 0 Å². The second-order valence-electron chi connectivity index (χ2n) is 5.54. The molecule has 0 aromatic heterocycles.